The largest absolute Gasteiger partial charge is 0.461 e. The Balaban J connectivity index is -0.000000174. The van der Waals surface area contributed by atoms with Gasteiger partial charge in [0.15, 0.2) is 0 Å². The molecule has 1 aromatic rings. The minimum absolute atomic E-state index is 0. The zero-order chi connectivity index (χ0) is 11.9. The van der Waals surface area contributed by atoms with Crippen molar-refractivity contribution in [2.75, 3.05) is 14.1 Å². The van der Waals surface area contributed by atoms with Crippen LogP contribution in [0.3, 0.4) is 0 Å². The molecule has 0 saturated heterocycles. The molecule has 0 amide bonds. The van der Waals surface area contributed by atoms with Gasteiger partial charge in [-0.2, -0.15) is 36.4 Å². The smallest absolute Gasteiger partial charge is 0 e. The van der Waals surface area contributed by atoms with Crippen LogP contribution >= 0.6 is 0 Å². The third-order valence-electron chi connectivity index (χ3n) is 1.24. The maximum absolute atomic E-state index is 3.57. The minimum atomic E-state index is 0. The first kappa shape index (κ1) is 21.3. The average Bonchev–Trinajstić information content (AvgIpc) is 2.32. The Kier molecular flexibility index (Phi) is 27.2. The van der Waals surface area contributed by atoms with Crippen LogP contribution in [0.2, 0.25) is 0 Å². The summed E-state index contributed by atoms with van der Waals surface area (Å²) < 4.78 is 0. The molecule has 0 heterocycles. The topological polar surface area (TPSA) is 3.24 Å². The van der Waals surface area contributed by atoms with E-state index in [0.717, 1.165) is 6.42 Å². The molecule has 1 aromatic carbocycles. The van der Waals surface area contributed by atoms with Gasteiger partial charge in [-0.05, 0) is 14.1 Å². The molecule has 0 atom stereocenters. The molecule has 2 heteroatoms. The Morgan fingerprint density at radius 2 is 1.69 bits per heavy atom. The fraction of sp³-hybridized carbons (Fsp3) is 0.357. The molecule has 1 radical (unpaired) electrons. The Labute approximate surface area is 127 Å². The van der Waals surface area contributed by atoms with Crippen molar-refractivity contribution < 1.29 is 32.7 Å². The van der Waals surface area contributed by atoms with E-state index in [1.54, 1.807) is 0 Å². The maximum Gasteiger partial charge on any atom is 0 e. The predicted octanol–water partition coefficient (Wildman–Crippen LogP) is 3.80. The van der Waals surface area contributed by atoms with Crippen LogP contribution in [-0.2, 0) is 32.7 Å². The number of rotatable bonds is 3. The molecule has 1 rings (SSSR count). The molecule has 0 bridgehead atoms. The standard InChI is InChI=1S/C6H12N.C6H5.C2H6.Y/c1-4-5-6-7(2)3;1-2-4-6-5-3-1;1-2;/h4,6H,1,5H2,2-3H3;1-5H;1-2H3;/q2*-1;;. The van der Waals surface area contributed by atoms with Crippen molar-refractivity contribution in [1.29, 1.82) is 0 Å². The first-order valence-corrected chi connectivity index (χ1v) is 5.29. The van der Waals surface area contributed by atoms with E-state index in [9.17, 15) is 0 Å². The summed E-state index contributed by atoms with van der Waals surface area (Å²) in [5, 5.41) is 0. The van der Waals surface area contributed by atoms with Crippen molar-refractivity contribution in [2.45, 2.75) is 20.3 Å². The van der Waals surface area contributed by atoms with Gasteiger partial charge in [0.25, 0.3) is 0 Å². The van der Waals surface area contributed by atoms with Crippen LogP contribution in [0.25, 0.3) is 0 Å². The molecular weight excluding hydrogens is 271 g/mol. The molecule has 0 fully saturated rings. The molecule has 0 N–H and O–H groups in total. The van der Waals surface area contributed by atoms with Gasteiger partial charge in [-0.3, -0.25) is 6.54 Å². The summed E-state index contributed by atoms with van der Waals surface area (Å²) in [6.45, 7) is 9.64. The van der Waals surface area contributed by atoms with Crippen molar-refractivity contribution in [3.8, 4) is 0 Å². The Morgan fingerprint density at radius 1 is 1.19 bits per heavy atom. The second kappa shape index (κ2) is 20.4. The molecular formula is C14H23NY-2. The van der Waals surface area contributed by atoms with E-state index >= 15 is 0 Å². The summed E-state index contributed by atoms with van der Waals surface area (Å²) in [4.78, 5) is 2.02. The third-order valence-corrected chi connectivity index (χ3v) is 1.24. The van der Waals surface area contributed by atoms with Gasteiger partial charge in [-0.15, -0.1) is 19.1 Å². The quantitative estimate of drug-likeness (QED) is 0.605. The van der Waals surface area contributed by atoms with Crippen LogP contribution in [-0.4, -0.2) is 19.0 Å². The molecule has 0 saturated carbocycles. The van der Waals surface area contributed by atoms with Gasteiger partial charge in [0, 0.05) is 32.7 Å². The van der Waals surface area contributed by atoms with E-state index in [0.29, 0.717) is 0 Å². The van der Waals surface area contributed by atoms with Gasteiger partial charge in [0.2, 0.25) is 0 Å². The fourth-order valence-corrected chi connectivity index (χ4v) is 0.627. The van der Waals surface area contributed by atoms with Crippen molar-refractivity contribution in [1.82, 2.24) is 4.90 Å². The van der Waals surface area contributed by atoms with Crippen LogP contribution in [0.4, 0.5) is 0 Å². The molecule has 16 heavy (non-hydrogen) atoms. The summed E-state index contributed by atoms with van der Waals surface area (Å²) in [5.41, 5.74) is 0. The summed E-state index contributed by atoms with van der Waals surface area (Å²) >= 11 is 0. The van der Waals surface area contributed by atoms with E-state index in [2.05, 4.69) is 19.2 Å². The number of nitrogens with zero attached hydrogens (tertiary/aromatic N) is 1. The van der Waals surface area contributed by atoms with Crippen molar-refractivity contribution in [3.63, 3.8) is 0 Å². The van der Waals surface area contributed by atoms with Crippen LogP contribution in [0.5, 0.6) is 0 Å². The molecule has 0 aromatic heterocycles. The second-order valence-electron chi connectivity index (χ2n) is 2.75. The van der Waals surface area contributed by atoms with E-state index in [4.69, 9.17) is 0 Å². The summed E-state index contributed by atoms with van der Waals surface area (Å²) in [5.74, 6) is 0. The first-order valence-electron chi connectivity index (χ1n) is 5.29. The van der Waals surface area contributed by atoms with Gasteiger partial charge in [0.05, 0.1) is 0 Å². The Hall–Kier alpha value is 0.0239. The third kappa shape index (κ3) is 23.7. The zero-order valence-electron chi connectivity index (χ0n) is 11.0. The zero-order valence-corrected chi connectivity index (χ0v) is 13.8. The Morgan fingerprint density at radius 3 is 1.81 bits per heavy atom. The number of hydrogen-bond donors (Lipinski definition) is 0. The van der Waals surface area contributed by atoms with E-state index in [1.807, 2.05) is 69.3 Å². The van der Waals surface area contributed by atoms with E-state index < -0.39 is 0 Å². The Bertz CT molecular complexity index is 170. The second-order valence-corrected chi connectivity index (χ2v) is 2.75. The van der Waals surface area contributed by atoms with Crippen LogP contribution in [0.1, 0.15) is 20.3 Å². The van der Waals surface area contributed by atoms with Crippen LogP contribution in [0, 0.1) is 12.6 Å². The van der Waals surface area contributed by atoms with Crippen molar-refractivity contribution >= 4 is 0 Å². The number of hydrogen-bond acceptors (Lipinski definition) is 1. The summed E-state index contributed by atoms with van der Waals surface area (Å²) in [6, 6.07) is 12.5. The van der Waals surface area contributed by atoms with Gasteiger partial charge < -0.3 is 4.90 Å². The molecule has 0 aliphatic heterocycles. The van der Waals surface area contributed by atoms with Gasteiger partial charge in [-0.1, -0.05) is 13.8 Å². The van der Waals surface area contributed by atoms with Crippen LogP contribution in [0.15, 0.2) is 43.0 Å². The fourth-order valence-electron chi connectivity index (χ4n) is 0.627. The normalized spacial score (nSPS) is 7.56. The molecule has 1 nitrogen and oxygen atoms in total. The molecule has 89 valence electrons. The summed E-state index contributed by atoms with van der Waals surface area (Å²) in [6.07, 6.45) is 2.84. The summed E-state index contributed by atoms with van der Waals surface area (Å²) in [7, 11) is 4.01. The molecule has 0 unspecified atom stereocenters. The predicted molar refractivity (Wildman–Crippen MR) is 69.4 cm³/mol. The van der Waals surface area contributed by atoms with Gasteiger partial charge in [0.1, 0.15) is 0 Å². The monoisotopic (exact) mass is 294 g/mol. The number of benzene rings is 1. The molecule has 0 spiro atoms. The van der Waals surface area contributed by atoms with Crippen LogP contribution < -0.4 is 0 Å². The minimum Gasteiger partial charge on any atom is -0.461 e. The van der Waals surface area contributed by atoms with Crippen molar-refractivity contribution in [3.05, 3.63) is 55.6 Å². The first-order chi connectivity index (χ1) is 7.27. The van der Waals surface area contributed by atoms with Crippen molar-refractivity contribution in [2.24, 2.45) is 0 Å². The maximum atomic E-state index is 3.57. The van der Waals surface area contributed by atoms with E-state index in [1.165, 1.54) is 0 Å². The van der Waals surface area contributed by atoms with E-state index in [-0.39, 0.29) is 32.7 Å². The van der Waals surface area contributed by atoms with Gasteiger partial charge in [-0.25, -0.2) is 0 Å². The molecule has 0 aliphatic rings. The average molecular weight is 294 g/mol. The van der Waals surface area contributed by atoms with Gasteiger partial charge >= 0.3 is 0 Å². The molecule has 0 aliphatic carbocycles. The SMILES string of the molecule is C=CC[CH-]N(C)C.CC.[Y].[c-]1ccccc1.